The van der Waals surface area contributed by atoms with E-state index in [4.69, 9.17) is 20.9 Å². The van der Waals surface area contributed by atoms with E-state index in [1.165, 1.54) is 32.5 Å². The van der Waals surface area contributed by atoms with Crippen molar-refractivity contribution in [2.24, 2.45) is 0 Å². The molecule has 0 spiro atoms. The highest BCUT2D eigenvalue weighted by Gasteiger charge is 2.19. The third-order valence-electron chi connectivity index (χ3n) is 2.54. The number of phenolic OH excluding ortho intramolecular Hbond substituents is 1. The van der Waals surface area contributed by atoms with Gasteiger partial charge in [0, 0.05) is 25.5 Å². The van der Waals surface area contributed by atoms with Gasteiger partial charge in [0.1, 0.15) is 5.75 Å². The third-order valence-corrected chi connectivity index (χ3v) is 8.26. The molecule has 0 aromatic heterocycles. The van der Waals surface area contributed by atoms with E-state index in [9.17, 15) is 9.90 Å². The summed E-state index contributed by atoms with van der Waals surface area (Å²) in [6.45, 7) is 3.31. The van der Waals surface area contributed by atoms with Gasteiger partial charge in [-0.1, -0.05) is 17.4 Å². The molecule has 7 heteroatoms. The Balaban J connectivity index is 3.02. The number of ketones is 1. The Kier molecular flexibility index (Phi) is 6.02. The van der Waals surface area contributed by atoms with Crippen LogP contribution in [-0.2, 0) is 26.6 Å². The molecule has 0 unspecified atom stereocenters. The summed E-state index contributed by atoms with van der Waals surface area (Å²) in [5.74, 6) is 0.289. The Labute approximate surface area is 122 Å². The number of Topliss-reactive ketones (excluding diaryl/α,β-unsaturated/α-hetero) is 1. The number of aryl methyl sites for hydroxylation is 1. The topological polar surface area (TPSA) is 55.8 Å². The van der Waals surface area contributed by atoms with Crippen LogP contribution in [0.5, 0.6) is 5.75 Å². The summed E-state index contributed by atoms with van der Waals surface area (Å²) >= 11 is 6.58. The smallest absolute Gasteiger partial charge is 0.247 e. The summed E-state index contributed by atoms with van der Waals surface area (Å²) < 4.78 is 10.3. The number of hydrogen-bond donors (Lipinski definition) is 1. The lowest BCUT2D eigenvalue weighted by molar-refractivity contribution is 0.101. The van der Waals surface area contributed by atoms with E-state index in [-0.39, 0.29) is 11.5 Å². The van der Waals surface area contributed by atoms with Crippen LogP contribution in [0, 0.1) is 6.92 Å². The van der Waals surface area contributed by atoms with E-state index < -0.39 is 5.69 Å². The van der Waals surface area contributed by atoms with Crippen molar-refractivity contribution in [3.05, 3.63) is 28.8 Å². The van der Waals surface area contributed by atoms with Crippen LogP contribution in [0.1, 0.15) is 28.4 Å². The minimum Gasteiger partial charge on any atom is -0.507 e. The fourth-order valence-corrected chi connectivity index (χ4v) is 4.44. The molecule has 0 bridgehead atoms. The van der Waals surface area contributed by atoms with E-state index in [1.54, 1.807) is 6.07 Å². The molecule has 0 fully saturated rings. The average molecular weight is 320 g/mol. The van der Waals surface area contributed by atoms with Crippen LogP contribution < -0.4 is 0 Å². The molecular formula is C12H17O4PS2. The van der Waals surface area contributed by atoms with Crippen molar-refractivity contribution in [3.8, 4) is 5.75 Å². The molecular weight excluding hydrogens is 303 g/mol. The van der Waals surface area contributed by atoms with Crippen molar-refractivity contribution in [1.29, 1.82) is 0 Å². The molecule has 1 aromatic rings. The maximum Gasteiger partial charge on any atom is 0.247 e. The number of carbonyl (C=O) groups excluding carboxylic acids is 1. The number of rotatable bonds is 6. The molecule has 0 aliphatic carbocycles. The van der Waals surface area contributed by atoms with Crippen molar-refractivity contribution in [2.45, 2.75) is 19.6 Å². The maximum absolute atomic E-state index is 11.5. The highest BCUT2D eigenvalue weighted by Crippen LogP contribution is 2.61. The van der Waals surface area contributed by atoms with Crippen LogP contribution in [0.2, 0.25) is 0 Å². The first-order valence-electron chi connectivity index (χ1n) is 5.52. The monoisotopic (exact) mass is 320 g/mol. The Bertz CT molecular complexity index is 523. The first-order valence-corrected chi connectivity index (χ1v) is 9.75. The zero-order valence-corrected chi connectivity index (χ0v) is 13.8. The largest absolute Gasteiger partial charge is 0.507 e. The summed E-state index contributed by atoms with van der Waals surface area (Å²) in [4.78, 5) is 11.5. The number of aromatic hydroxyl groups is 1. The zero-order valence-electron chi connectivity index (χ0n) is 11.3. The van der Waals surface area contributed by atoms with Gasteiger partial charge in [-0.05, 0) is 37.3 Å². The van der Waals surface area contributed by atoms with Crippen molar-refractivity contribution in [2.75, 3.05) is 14.2 Å². The SMILES string of the molecule is COP(=S)(OC)SCc1cc(C)cc(C(C)=O)c1O. The van der Waals surface area contributed by atoms with Crippen LogP contribution in [0.3, 0.4) is 0 Å². The van der Waals surface area contributed by atoms with Crippen LogP contribution >= 0.6 is 17.1 Å². The summed E-state index contributed by atoms with van der Waals surface area (Å²) in [5, 5.41) is 10.1. The quantitative estimate of drug-likeness (QED) is 0.638. The highest BCUT2D eigenvalue weighted by molar-refractivity contribution is 8.67. The van der Waals surface area contributed by atoms with Crippen molar-refractivity contribution in [3.63, 3.8) is 0 Å². The fourth-order valence-electron chi connectivity index (χ4n) is 1.56. The Morgan fingerprint density at radius 1 is 1.42 bits per heavy atom. The molecule has 0 heterocycles. The Morgan fingerprint density at radius 2 is 2.00 bits per heavy atom. The number of hydrogen-bond acceptors (Lipinski definition) is 6. The standard InChI is InChI=1S/C12H17O4PS2/c1-8-5-10(7-19-17(18,15-3)16-4)12(14)11(6-8)9(2)13/h5-6,14H,7H2,1-4H3. The fraction of sp³-hybridized carbons (Fsp3) is 0.417. The lowest BCUT2D eigenvalue weighted by Crippen LogP contribution is -1.97. The molecule has 106 valence electrons. The summed E-state index contributed by atoms with van der Waals surface area (Å²) in [6, 6.07) is 3.51. The molecule has 19 heavy (non-hydrogen) atoms. The van der Waals surface area contributed by atoms with Gasteiger partial charge in [0.2, 0.25) is 5.69 Å². The van der Waals surface area contributed by atoms with Crippen molar-refractivity contribution in [1.82, 2.24) is 0 Å². The second-order valence-corrected chi connectivity index (χ2v) is 10.5. The minimum absolute atomic E-state index is 0.0133. The van der Waals surface area contributed by atoms with Gasteiger partial charge in [-0.15, -0.1) is 0 Å². The maximum atomic E-state index is 11.5. The molecule has 1 N–H and O–H groups in total. The van der Waals surface area contributed by atoms with Gasteiger partial charge in [-0.2, -0.15) is 0 Å². The van der Waals surface area contributed by atoms with Gasteiger partial charge in [0.25, 0.3) is 0 Å². The van der Waals surface area contributed by atoms with E-state index in [0.29, 0.717) is 16.9 Å². The number of phenols is 1. The Hall–Kier alpha value is -0.390. The minimum atomic E-state index is -2.37. The average Bonchev–Trinajstić information content (AvgIpc) is 2.38. The number of carbonyl (C=O) groups is 1. The van der Waals surface area contributed by atoms with Crippen molar-refractivity contribution < 1.29 is 18.9 Å². The summed E-state index contributed by atoms with van der Waals surface area (Å²) in [6.07, 6.45) is 0. The summed E-state index contributed by atoms with van der Waals surface area (Å²) in [7, 11) is 3.02. The van der Waals surface area contributed by atoms with Crippen LogP contribution in [0.25, 0.3) is 0 Å². The summed E-state index contributed by atoms with van der Waals surface area (Å²) in [5.41, 5.74) is -0.451. The van der Waals surface area contributed by atoms with Gasteiger partial charge in [-0.3, -0.25) is 4.79 Å². The first kappa shape index (κ1) is 16.7. The molecule has 0 atom stereocenters. The molecule has 0 amide bonds. The molecule has 1 rings (SSSR count). The third kappa shape index (κ3) is 4.29. The second kappa shape index (κ2) is 6.86. The van der Waals surface area contributed by atoms with E-state index in [1.807, 2.05) is 13.0 Å². The Morgan fingerprint density at radius 3 is 2.47 bits per heavy atom. The molecule has 0 saturated heterocycles. The van der Waals surface area contributed by atoms with E-state index in [2.05, 4.69) is 0 Å². The second-order valence-electron chi connectivity index (χ2n) is 3.96. The van der Waals surface area contributed by atoms with Gasteiger partial charge in [0.15, 0.2) is 5.78 Å². The van der Waals surface area contributed by atoms with E-state index >= 15 is 0 Å². The van der Waals surface area contributed by atoms with Crippen molar-refractivity contribution >= 4 is 34.7 Å². The van der Waals surface area contributed by atoms with Gasteiger partial charge in [0.05, 0.1) is 5.56 Å². The predicted molar refractivity (Wildman–Crippen MR) is 82.4 cm³/mol. The molecule has 0 aliphatic heterocycles. The predicted octanol–water partition coefficient (Wildman–Crippen LogP) is 3.65. The highest BCUT2D eigenvalue weighted by atomic mass is 32.9. The lowest BCUT2D eigenvalue weighted by atomic mass is 10.0. The zero-order chi connectivity index (χ0) is 14.6. The van der Waals surface area contributed by atoms with Crippen LogP contribution in [-0.4, -0.2) is 25.1 Å². The molecule has 0 aliphatic rings. The number of benzene rings is 1. The first-order chi connectivity index (χ1) is 8.83. The van der Waals surface area contributed by atoms with Gasteiger partial charge >= 0.3 is 0 Å². The molecule has 0 radical (unpaired) electrons. The van der Waals surface area contributed by atoms with Gasteiger partial charge < -0.3 is 14.2 Å². The van der Waals surface area contributed by atoms with Gasteiger partial charge in [-0.25, -0.2) is 0 Å². The molecule has 0 saturated carbocycles. The molecule has 4 nitrogen and oxygen atoms in total. The molecule has 1 aromatic carbocycles. The van der Waals surface area contributed by atoms with Crippen LogP contribution in [0.4, 0.5) is 0 Å². The normalized spacial score (nSPS) is 11.6. The van der Waals surface area contributed by atoms with E-state index in [0.717, 1.165) is 5.56 Å². The van der Waals surface area contributed by atoms with Crippen LogP contribution in [0.15, 0.2) is 12.1 Å². The lowest BCUT2D eigenvalue weighted by Gasteiger charge is -2.17.